The van der Waals surface area contributed by atoms with E-state index in [1.807, 2.05) is 0 Å². The van der Waals surface area contributed by atoms with E-state index in [-0.39, 0.29) is 5.57 Å². The first-order chi connectivity index (χ1) is 4.76. The summed E-state index contributed by atoms with van der Waals surface area (Å²) in [7, 11) is 0. The van der Waals surface area contributed by atoms with Gasteiger partial charge >= 0.3 is 0 Å². The molecule has 52 valence electrons. The molecule has 0 aliphatic heterocycles. The Hall–Kier alpha value is -1.36. The first-order valence-corrected chi connectivity index (χ1v) is 2.81. The Kier molecular flexibility index (Phi) is 3.90. The van der Waals surface area contributed by atoms with E-state index >= 15 is 0 Å². The number of hydrogen-bond acceptors (Lipinski definition) is 1. The van der Waals surface area contributed by atoms with Crippen molar-refractivity contribution < 1.29 is 4.39 Å². The van der Waals surface area contributed by atoms with E-state index in [1.165, 1.54) is 12.2 Å². The first kappa shape index (κ1) is 8.64. The zero-order valence-corrected chi connectivity index (χ0v) is 5.76. The van der Waals surface area contributed by atoms with Gasteiger partial charge in [-0.15, -0.1) is 0 Å². The van der Waals surface area contributed by atoms with Gasteiger partial charge in [-0.3, -0.25) is 0 Å². The second kappa shape index (κ2) is 4.51. The van der Waals surface area contributed by atoms with Gasteiger partial charge in [0, 0.05) is 0 Å². The van der Waals surface area contributed by atoms with Crippen LogP contribution in [0.25, 0.3) is 0 Å². The number of rotatable bonds is 2. The summed E-state index contributed by atoms with van der Waals surface area (Å²) in [4.78, 5) is 0. The molecule has 0 amide bonds. The molecule has 0 heterocycles. The molecule has 1 nitrogen and oxygen atoms in total. The third kappa shape index (κ3) is 2.27. The zero-order valence-electron chi connectivity index (χ0n) is 5.76. The van der Waals surface area contributed by atoms with E-state index in [9.17, 15) is 4.39 Å². The van der Waals surface area contributed by atoms with Gasteiger partial charge in [-0.2, -0.15) is 5.26 Å². The predicted molar refractivity (Wildman–Crippen MR) is 38.8 cm³/mol. The van der Waals surface area contributed by atoms with Crippen molar-refractivity contribution in [2.75, 3.05) is 0 Å². The molecule has 0 radical (unpaired) electrons. The average molecular weight is 137 g/mol. The van der Waals surface area contributed by atoms with Gasteiger partial charge in [0.25, 0.3) is 0 Å². The van der Waals surface area contributed by atoms with Crippen molar-refractivity contribution >= 4 is 0 Å². The molecule has 0 aromatic rings. The van der Waals surface area contributed by atoms with Crippen LogP contribution in [0.5, 0.6) is 0 Å². The second-order valence-electron chi connectivity index (χ2n) is 1.56. The maximum atomic E-state index is 12.6. The van der Waals surface area contributed by atoms with Crippen molar-refractivity contribution in [1.29, 1.82) is 5.26 Å². The molecule has 0 fully saturated rings. The minimum Gasteiger partial charge on any atom is -0.206 e. The van der Waals surface area contributed by atoms with Gasteiger partial charge < -0.3 is 0 Å². The maximum Gasteiger partial charge on any atom is 0.140 e. The summed E-state index contributed by atoms with van der Waals surface area (Å²) in [5, 5.41) is 8.29. The van der Waals surface area contributed by atoms with Gasteiger partial charge in [0.15, 0.2) is 0 Å². The Bertz CT molecular complexity index is 218. The van der Waals surface area contributed by atoms with Gasteiger partial charge in [0.2, 0.25) is 0 Å². The van der Waals surface area contributed by atoms with Crippen LogP contribution in [0.1, 0.15) is 6.92 Å². The van der Waals surface area contributed by atoms with Crippen LogP contribution in [-0.2, 0) is 0 Å². The molecule has 0 aromatic carbocycles. The summed E-state index contributed by atoms with van der Waals surface area (Å²) in [5.74, 6) is -0.542. The van der Waals surface area contributed by atoms with Crippen LogP contribution in [0.3, 0.4) is 0 Å². The Labute approximate surface area is 59.8 Å². The lowest BCUT2D eigenvalue weighted by Crippen LogP contribution is -1.76. The number of hydrogen-bond donors (Lipinski definition) is 0. The number of nitriles is 1. The third-order valence-corrected chi connectivity index (χ3v) is 0.931. The van der Waals surface area contributed by atoms with Crippen molar-refractivity contribution in [3.8, 4) is 6.07 Å². The Balaban J connectivity index is 4.51. The molecular weight excluding hydrogens is 129 g/mol. The fourth-order valence-corrected chi connectivity index (χ4v) is 0.449. The smallest absolute Gasteiger partial charge is 0.140 e. The van der Waals surface area contributed by atoms with E-state index in [0.717, 1.165) is 6.08 Å². The SMILES string of the molecule is C=C/C=C(F)\C(C#N)=C\C. The number of allylic oxidation sites excluding steroid dienone is 5. The summed E-state index contributed by atoms with van der Waals surface area (Å²) >= 11 is 0. The molecule has 0 aromatic heterocycles. The molecular formula is C8H8FN. The zero-order chi connectivity index (χ0) is 7.98. The summed E-state index contributed by atoms with van der Waals surface area (Å²) in [6.07, 6.45) is 3.87. The Morgan fingerprint density at radius 1 is 1.70 bits per heavy atom. The molecule has 0 saturated heterocycles. The quantitative estimate of drug-likeness (QED) is 0.423. The highest BCUT2D eigenvalue weighted by Crippen LogP contribution is 2.09. The minimum absolute atomic E-state index is 0.0416. The predicted octanol–water partition coefficient (Wildman–Crippen LogP) is 2.50. The molecule has 0 unspecified atom stereocenters. The molecule has 2 heteroatoms. The highest BCUT2D eigenvalue weighted by molar-refractivity contribution is 5.38. The summed E-state index contributed by atoms with van der Waals surface area (Å²) in [6.45, 7) is 4.90. The highest BCUT2D eigenvalue weighted by atomic mass is 19.1. The van der Waals surface area contributed by atoms with Crippen LogP contribution < -0.4 is 0 Å². The Morgan fingerprint density at radius 2 is 2.30 bits per heavy atom. The number of halogens is 1. The molecule has 0 bridgehead atoms. The van der Waals surface area contributed by atoms with Crippen molar-refractivity contribution in [2.24, 2.45) is 0 Å². The molecule has 0 aliphatic carbocycles. The summed E-state index contributed by atoms with van der Waals surface area (Å²) in [5.41, 5.74) is 0.0416. The fourth-order valence-electron chi connectivity index (χ4n) is 0.449. The van der Waals surface area contributed by atoms with E-state index < -0.39 is 5.83 Å². The van der Waals surface area contributed by atoms with Crippen molar-refractivity contribution in [3.05, 3.63) is 36.2 Å². The van der Waals surface area contributed by atoms with Crippen LogP contribution in [0.4, 0.5) is 4.39 Å². The van der Waals surface area contributed by atoms with Crippen LogP contribution >= 0.6 is 0 Å². The molecule has 0 rings (SSSR count). The second-order valence-corrected chi connectivity index (χ2v) is 1.56. The lowest BCUT2D eigenvalue weighted by molar-refractivity contribution is 0.658. The topological polar surface area (TPSA) is 23.8 Å². The average Bonchev–Trinajstić information content (AvgIpc) is 1.91. The van der Waals surface area contributed by atoms with Crippen LogP contribution in [0, 0.1) is 11.3 Å². The minimum atomic E-state index is -0.542. The largest absolute Gasteiger partial charge is 0.206 e. The fraction of sp³-hybridized carbons (Fsp3) is 0.125. The molecule has 0 aliphatic rings. The van der Waals surface area contributed by atoms with E-state index in [1.54, 1.807) is 13.0 Å². The van der Waals surface area contributed by atoms with Gasteiger partial charge in [-0.05, 0) is 13.0 Å². The molecule has 0 atom stereocenters. The monoisotopic (exact) mass is 137 g/mol. The maximum absolute atomic E-state index is 12.6. The third-order valence-electron chi connectivity index (χ3n) is 0.931. The standard InChI is InChI=1S/C8H8FN/c1-3-5-8(9)7(4-2)6-10/h3-5H,1H2,2H3/b7-4+,8-5+. The van der Waals surface area contributed by atoms with Gasteiger partial charge in [-0.25, -0.2) is 4.39 Å². The normalized spacial score (nSPS) is 12.5. The molecule has 10 heavy (non-hydrogen) atoms. The van der Waals surface area contributed by atoms with Gasteiger partial charge in [-0.1, -0.05) is 18.7 Å². The lowest BCUT2D eigenvalue weighted by Gasteiger charge is -1.87. The lowest BCUT2D eigenvalue weighted by atomic mass is 10.2. The van der Waals surface area contributed by atoms with Crippen LogP contribution in [0.2, 0.25) is 0 Å². The molecule has 0 saturated carbocycles. The van der Waals surface area contributed by atoms with E-state index in [2.05, 4.69) is 6.58 Å². The van der Waals surface area contributed by atoms with Crippen LogP contribution in [0.15, 0.2) is 36.2 Å². The van der Waals surface area contributed by atoms with Crippen LogP contribution in [-0.4, -0.2) is 0 Å². The number of nitrogens with zero attached hydrogens (tertiary/aromatic N) is 1. The van der Waals surface area contributed by atoms with E-state index in [0.29, 0.717) is 0 Å². The van der Waals surface area contributed by atoms with E-state index in [4.69, 9.17) is 5.26 Å². The van der Waals surface area contributed by atoms with Crippen molar-refractivity contribution in [2.45, 2.75) is 6.92 Å². The summed E-state index contributed by atoms with van der Waals surface area (Å²) < 4.78 is 12.6. The van der Waals surface area contributed by atoms with Gasteiger partial charge in [0.05, 0.1) is 5.57 Å². The first-order valence-electron chi connectivity index (χ1n) is 2.81. The summed E-state index contributed by atoms with van der Waals surface area (Å²) in [6, 6.07) is 1.71. The van der Waals surface area contributed by atoms with Gasteiger partial charge in [0.1, 0.15) is 11.9 Å². The molecule has 0 spiro atoms. The Morgan fingerprint density at radius 3 is 2.60 bits per heavy atom. The van der Waals surface area contributed by atoms with Crippen molar-refractivity contribution in [3.63, 3.8) is 0 Å². The van der Waals surface area contributed by atoms with Crippen molar-refractivity contribution in [1.82, 2.24) is 0 Å². The molecule has 0 N–H and O–H groups in total. The highest BCUT2D eigenvalue weighted by Gasteiger charge is 1.97.